The Morgan fingerprint density at radius 1 is 1.72 bits per heavy atom. The molecule has 1 amide bonds. The zero-order valence-corrected chi connectivity index (χ0v) is 11.3. The van der Waals surface area contributed by atoms with Gasteiger partial charge < -0.3 is 20.5 Å². The van der Waals surface area contributed by atoms with Gasteiger partial charge in [0.25, 0.3) is 5.91 Å². The number of amides is 1. The zero-order valence-electron chi connectivity index (χ0n) is 10.5. The number of hydrogen-bond donors (Lipinski definition) is 2. The maximum Gasteiger partial charge on any atom is 0.263 e. The van der Waals surface area contributed by atoms with Crippen molar-refractivity contribution < 1.29 is 14.3 Å². The standard InChI is InChI=1S/C11H17N3O3S/c1-7-8(18-10(12)14-7)9(15)13-5-11(16-2)3-4-17-6-11/h3-6H2,1-2H3,(H2,12,14)(H,13,15). The molecule has 0 bridgehead atoms. The molecule has 7 heteroatoms. The normalized spacial score (nSPS) is 23.2. The van der Waals surface area contributed by atoms with Gasteiger partial charge in [0.15, 0.2) is 5.13 Å². The summed E-state index contributed by atoms with van der Waals surface area (Å²) in [5, 5.41) is 3.26. The molecule has 1 atom stereocenters. The molecule has 1 unspecified atom stereocenters. The van der Waals surface area contributed by atoms with E-state index in [9.17, 15) is 4.79 Å². The Hall–Kier alpha value is -1.18. The minimum absolute atomic E-state index is 0.162. The average Bonchev–Trinajstić information content (AvgIpc) is 2.94. The van der Waals surface area contributed by atoms with Gasteiger partial charge in [-0.25, -0.2) is 4.98 Å². The summed E-state index contributed by atoms with van der Waals surface area (Å²) in [5.41, 5.74) is 5.82. The maximum atomic E-state index is 12.0. The number of rotatable bonds is 4. The van der Waals surface area contributed by atoms with Gasteiger partial charge in [-0.2, -0.15) is 0 Å². The van der Waals surface area contributed by atoms with E-state index in [1.807, 2.05) is 0 Å². The quantitative estimate of drug-likeness (QED) is 0.836. The third-order valence-electron chi connectivity index (χ3n) is 3.09. The number of hydrogen-bond acceptors (Lipinski definition) is 6. The smallest absolute Gasteiger partial charge is 0.263 e. The number of aryl methyl sites for hydroxylation is 1. The largest absolute Gasteiger partial charge is 0.378 e. The lowest BCUT2D eigenvalue weighted by Gasteiger charge is -2.25. The van der Waals surface area contributed by atoms with E-state index in [1.54, 1.807) is 14.0 Å². The Balaban J connectivity index is 1.98. The number of nitrogens with two attached hydrogens (primary N) is 1. The van der Waals surface area contributed by atoms with Gasteiger partial charge in [0.05, 0.1) is 12.3 Å². The number of thiazole rings is 1. The number of carbonyl (C=O) groups is 1. The second kappa shape index (κ2) is 5.21. The molecule has 18 heavy (non-hydrogen) atoms. The molecular formula is C11H17N3O3S. The number of nitrogen functional groups attached to an aromatic ring is 1. The van der Waals surface area contributed by atoms with Crippen LogP contribution in [0.3, 0.4) is 0 Å². The molecule has 0 saturated carbocycles. The summed E-state index contributed by atoms with van der Waals surface area (Å²) in [6.07, 6.45) is 0.785. The van der Waals surface area contributed by atoms with Crippen molar-refractivity contribution in [1.82, 2.24) is 10.3 Å². The van der Waals surface area contributed by atoms with Gasteiger partial charge in [-0.3, -0.25) is 4.79 Å². The highest BCUT2D eigenvalue weighted by atomic mass is 32.1. The minimum Gasteiger partial charge on any atom is -0.378 e. The highest BCUT2D eigenvalue weighted by Gasteiger charge is 2.35. The minimum atomic E-state index is -0.403. The molecule has 6 nitrogen and oxygen atoms in total. The molecule has 1 aliphatic heterocycles. The molecule has 1 fully saturated rings. The molecule has 2 rings (SSSR count). The highest BCUT2D eigenvalue weighted by Crippen LogP contribution is 2.23. The predicted molar refractivity (Wildman–Crippen MR) is 68.8 cm³/mol. The van der Waals surface area contributed by atoms with Crippen LogP contribution in [0, 0.1) is 6.92 Å². The summed E-state index contributed by atoms with van der Waals surface area (Å²) in [5.74, 6) is -0.162. The third-order valence-corrected chi connectivity index (χ3v) is 4.08. The van der Waals surface area contributed by atoms with Crippen LogP contribution in [0.2, 0.25) is 0 Å². The molecule has 100 valence electrons. The van der Waals surface area contributed by atoms with E-state index in [2.05, 4.69) is 10.3 Å². The van der Waals surface area contributed by atoms with Crippen molar-refractivity contribution in [1.29, 1.82) is 0 Å². The van der Waals surface area contributed by atoms with Gasteiger partial charge in [-0.15, -0.1) is 0 Å². The van der Waals surface area contributed by atoms with Crippen LogP contribution in [0.15, 0.2) is 0 Å². The van der Waals surface area contributed by atoms with Crippen LogP contribution in [0.4, 0.5) is 5.13 Å². The summed E-state index contributed by atoms with van der Waals surface area (Å²) in [7, 11) is 1.64. The fourth-order valence-electron chi connectivity index (χ4n) is 1.91. The number of ether oxygens (including phenoxy) is 2. The van der Waals surface area contributed by atoms with Crippen LogP contribution >= 0.6 is 11.3 Å². The molecule has 1 aromatic rings. The summed E-state index contributed by atoms with van der Waals surface area (Å²) >= 11 is 1.19. The SMILES string of the molecule is COC1(CNC(=O)c2sc(N)nc2C)CCOC1. The molecule has 1 aliphatic rings. The van der Waals surface area contributed by atoms with Crippen molar-refractivity contribution >= 4 is 22.4 Å². The van der Waals surface area contributed by atoms with Crippen molar-refractivity contribution in [3.8, 4) is 0 Å². The molecular weight excluding hydrogens is 254 g/mol. The lowest BCUT2D eigenvalue weighted by molar-refractivity contribution is -0.0148. The topological polar surface area (TPSA) is 86.5 Å². The van der Waals surface area contributed by atoms with Crippen molar-refractivity contribution in [3.63, 3.8) is 0 Å². The van der Waals surface area contributed by atoms with E-state index < -0.39 is 5.60 Å². The first-order valence-electron chi connectivity index (χ1n) is 5.70. The molecule has 1 aromatic heterocycles. The Morgan fingerprint density at radius 3 is 3.00 bits per heavy atom. The average molecular weight is 271 g/mol. The van der Waals surface area contributed by atoms with Crippen LogP contribution in [0.25, 0.3) is 0 Å². The third kappa shape index (κ3) is 2.63. The number of methoxy groups -OCH3 is 1. The molecule has 3 N–H and O–H groups in total. The molecule has 0 aliphatic carbocycles. The second-order valence-corrected chi connectivity index (χ2v) is 5.37. The van der Waals surface area contributed by atoms with Gasteiger partial charge >= 0.3 is 0 Å². The highest BCUT2D eigenvalue weighted by molar-refractivity contribution is 7.17. The molecule has 0 radical (unpaired) electrons. The lowest BCUT2D eigenvalue weighted by Crippen LogP contribution is -2.44. The molecule has 0 aromatic carbocycles. The van der Waals surface area contributed by atoms with E-state index in [-0.39, 0.29) is 5.91 Å². The van der Waals surface area contributed by atoms with Gasteiger partial charge in [-0.05, 0) is 6.92 Å². The first-order valence-corrected chi connectivity index (χ1v) is 6.52. The number of anilines is 1. The van der Waals surface area contributed by atoms with Crippen molar-refractivity contribution in [2.24, 2.45) is 0 Å². The first kappa shape index (κ1) is 13.3. The van der Waals surface area contributed by atoms with E-state index in [4.69, 9.17) is 15.2 Å². The molecule has 2 heterocycles. The Labute approximate surface area is 109 Å². The summed E-state index contributed by atoms with van der Waals surface area (Å²) < 4.78 is 10.8. The monoisotopic (exact) mass is 271 g/mol. The summed E-state index contributed by atoms with van der Waals surface area (Å²) in [6.45, 7) is 3.37. The van der Waals surface area contributed by atoms with Crippen LogP contribution in [-0.4, -0.2) is 43.4 Å². The molecule has 1 saturated heterocycles. The lowest BCUT2D eigenvalue weighted by atomic mass is 10.0. The van der Waals surface area contributed by atoms with E-state index in [0.29, 0.717) is 35.5 Å². The Kier molecular flexibility index (Phi) is 3.84. The van der Waals surface area contributed by atoms with Crippen LogP contribution in [0.5, 0.6) is 0 Å². The first-order chi connectivity index (χ1) is 8.56. The van der Waals surface area contributed by atoms with E-state index in [1.165, 1.54) is 11.3 Å². The fraction of sp³-hybridized carbons (Fsp3) is 0.636. The molecule has 0 spiro atoms. The van der Waals surface area contributed by atoms with E-state index in [0.717, 1.165) is 6.42 Å². The Bertz CT molecular complexity index is 441. The van der Waals surface area contributed by atoms with Gasteiger partial charge in [0, 0.05) is 26.7 Å². The Morgan fingerprint density at radius 2 is 2.50 bits per heavy atom. The van der Waals surface area contributed by atoms with E-state index >= 15 is 0 Å². The van der Waals surface area contributed by atoms with Crippen LogP contribution < -0.4 is 11.1 Å². The van der Waals surface area contributed by atoms with Crippen LogP contribution in [0.1, 0.15) is 21.8 Å². The zero-order chi connectivity index (χ0) is 13.2. The van der Waals surface area contributed by atoms with Crippen molar-refractivity contribution in [2.45, 2.75) is 18.9 Å². The number of nitrogens with one attached hydrogen (secondary N) is 1. The number of carbonyl (C=O) groups excluding carboxylic acids is 1. The van der Waals surface area contributed by atoms with Gasteiger partial charge in [0.2, 0.25) is 0 Å². The maximum absolute atomic E-state index is 12.0. The van der Waals surface area contributed by atoms with Crippen molar-refractivity contribution in [2.75, 3.05) is 32.6 Å². The summed E-state index contributed by atoms with van der Waals surface area (Å²) in [4.78, 5) is 16.6. The fourth-order valence-corrected chi connectivity index (χ4v) is 2.66. The summed E-state index contributed by atoms with van der Waals surface area (Å²) in [6, 6.07) is 0. The van der Waals surface area contributed by atoms with Crippen LogP contribution in [-0.2, 0) is 9.47 Å². The van der Waals surface area contributed by atoms with Gasteiger partial charge in [-0.1, -0.05) is 11.3 Å². The number of aromatic nitrogens is 1. The second-order valence-electron chi connectivity index (χ2n) is 4.34. The predicted octanol–water partition coefficient (Wildman–Crippen LogP) is 0.569. The number of nitrogens with zero attached hydrogens (tertiary/aromatic N) is 1. The van der Waals surface area contributed by atoms with Crippen molar-refractivity contribution in [3.05, 3.63) is 10.6 Å². The van der Waals surface area contributed by atoms with Gasteiger partial charge in [0.1, 0.15) is 10.5 Å².